The third kappa shape index (κ3) is 2.31. The van der Waals surface area contributed by atoms with E-state index in [4.69, 9.17) is 5.11 Å². The van der Waals surface area contributed by atoms with Crippen molar-refractivity contribution in [3.63, 3.8) is 0 Å². The van der Waals surface area contributed by atoms with Crippen molar-refractivity contribution in [3.05, 3.63) is 47.0 Å². The summed E-state index contributed by atoms with van der Waals surface area (Å²) in [6.07, 6.45) is 0.797. The predicted molar refractivity (Wildman–Crippen MR) is 69.4 cm³/mol. The lowest BCUT2D eigenvalue weighted by Gasteiger charge is -2.11. The maximum Gasteiger partial charge on any atom is 0.303 e. The van der Waals surface area contributed by atoms with E-state index in [2.05, 4.69) is 32.0 Å². The molecule has 2 heteroatoms. The van der Waals surface area contributed by atoms with Crippen LogP contribution in [0.1, 0.15) is 23.1 Å². The van der Waals surface area contributed by atoms with E-state index in [1.165, 1.54) is 21.9 Å². The number of hydrogen-bond donors (Lipinski definition) is 1. The number of carboxylic acid groups (broad SMARTS) is 1. The van der Waals surface area contributed by atoms with Gasteiger partial charge in [-0.3, -0.25) is 4.79 Å². The molecule has 0 heterocycles. The molecule has 0 spiro atoms. The van der Waals surface area contributed by atoms with Crippen LogP contribution in [-0.2, 0) is 11.2 Å². The van der Waals surface area contributed by atoms with Gasteiger partial charge in [0.15, 0.2) is 0 Å². The average Bonchev–Trinajstić information content (AvgIpc) is 2.32. The largest absolute Gasteiger partial charge is 0.481 e. The van der Waals surface area contributed by atoms with Gasteiger partial charge in [0.05, 0.1) is 0 Å². The summed E-state index contributed by atoms with van der Waals surface area (Å²) >= 11 is 0. The van der Waals surface area contributed by atoms with Crippen LogP contribution in [0.3, 0.4) is 0 Å². The summed E-state index contributed by atoms with van der Waals surface area (Å²) in [4.78, 5) is 10.6. The highest BCUT2D eigenvalue weighted by Gasteiger charge is 2.07. The molecule has 0 aromatic heterocycles. The van der Waals surface area contributed by atoms with Crippen molar-refractivity contribution in [3.8, 4) is 0 Å². The molecule has 0 atom stereocenters. The molecule has 0 saturated heterocycles. The van der Waals surface area contributed by atoms with Gasteiger partial charge in [-0.15, -0.1) is 0 Å². The zero-order valence-corrected chi connectivity index (χ0v) is 10.2. The molecule has 1 N–H and O–H groups in total. The molecule has 17 heavy (non-hydrogen) atoms. The SMILES string of the molecule is Cc1cc(CCC(=O)O)c(C)c2ccccc12. The Hall–Kier alpha value is -1.83. The number of rotatable bonds is 3. The van der Waals surface area contributed by atoms with Gasteiger partial charge < -0.3 is 5.11 Å². The molecular weight excluding hydrogens is 212 g/mol. The summed E-state index contributed by atoms with van der Waals surface area (Å²) in [7, 11) is 0. The second-order valence-corrected chi connectivity index (χ2v) is 4.42. The molecule has 0 fully saturated rings. The first-order valence-corrected chi connectivity index (χ1v) is 5.79. The lowest BCUT2D eigenvalue weighted by molar-refractivity contribution is -0.136. The minimum Gasteiger partial charge on any atom is -0.481 e. The van der Waals surface area contributed by atoms with E-state index in [1.54, 1.807) is 0 Å². The smallest absolute Gasteiger partial charge is 0.303 e. The van der Waals surface area contributed by atoms with Gasteiger partial charge in [-0.25, -0.2) is 0 Å². The number of carbonyl (C=O) groups is 1. The Labute approximate surface area is 101 Å². The first kappa shape index (κ1) is 11.6. The van der Waals surface area contributed by atoms with Gasteiger partial charge in [0.25, 0.3) is 0 Å². The highest BCUT2D eigenvalue weighted by atomic mass is 16.4. The van der Waals surface area contributed by atoms with E-state index in [0.717, 1.165) is 5.56 Å². The molecule has 2 nitrogen and oxygen atoms in total. The first-order valence-electron chi connectivity index (χ1n) is 5.79. The highest BCUT2D eigenvalue weighted by Crippen LogP contribution is 2.26. The fourth-order valence-corrected chi connectivity index (χ4v) is 2.28. The Morgan fingerprint density at radius 1 is 1.18 bits per heavy atom. The third-order valence-corrected chi connectivity index (χ3v) is 3.24. The number of carboxylic acids is 1. The summed E-state index contributed by atoms with van der Waals surface area (Å²) in [6, 6.07) is 10.4. The quantitative estimate of drug-likeness (QED) is 0.873. The fraction of sp³-hybridized carbons (Fsp3) is 0.267. The Bertz CT molecular complexity index is 570. The zero-order chi connectivity index (χ0) is 12.4. The molecule has 0 saturated carbocycles. The molecule has 0 radical (unpaired) electrons. The van der Waals surface area contributed by atoms with Crippen molar-refractivity contribution >= 4 is 16.7 Å². The zero-order valence-electron chi connectivity index (χ0n) is 10.2. The first-order chi connectivity index (χ1) is 8.09. The van der Waals surface area contributed by atoms with Crippen LogP contribution in [0.2, 0.25) is 0 Å². The van der Waals surface area contributed by atoms with E-state index in [1.807, 2.05) is 12.1 Å². The minimum absolute atomic E-state index is 0.193. The van der Waals surface area contributed by atoms with Crippen molar-refractivity contribution in [1.29, 1.82) is 0 Å². The highest BCUT2D eigenvalue weighted by molar-refractivity contribution is 5.89. The number of benzene rings is 2. The van der Waals surface area contributed by atoms with Crippen LogP contribution in [0.5, 0.6) is 0 Å². The van der Waals surface area contributed by atoms with E-state index in [-0.39, 0.29) is 6.42 Å². The molecule has 0 aliphatic rings. The monoisotopic (exact) mass is 228 g/mol. The normalized spacial score (nSPS) is 10.7. The lowest BCUT2D eigenvalue weighted by atomic mass is 9.94. The van der Waals surface area contributed by atoms with Crippen molar-refractivity contribution in [2.75, 3.05) is 0 Å². The Morgan fingerprint density at radius 2 is 1.82 bits per heavy atom. The van der Waals surface area contributed by atoms with Crippen LogP contribution < -0.4 is 0 Å². The van der Waals surface area contributed by atoms with Crippen molar-refractivity contribution in [2.24, 2.45) is 0 Å². The van der Waals surface area contributed by atoms with Crippen molar-refractivity contribution in [2.45, 2.75) is 26.7 Å². The molecule has 2 rings (SSSR count). The second-order valence-electron chi connectivity index (χ2n) is 4.42. The molecule has 0 aliphatic carbocycles. The van der Waals surface area contributed by atoms with Gasteiger partial charge in [0.1, 0.15) is 0 Å². The van der Waals surface area contributed by atoms with Gasteiger partial charge in [0.2, 0.25) is 0 Å². The second kappa shape index (κ2) is 4.58. The van der Waals surface area contributed by atoms with Gasteiger partial charge in [-0.05, 0) is 47.7 Å². The molecule has 0 unspecified atom stereocenters. The van der Waals surface area contributed by atoms with Gasteiger partial charge in [-0.2, -0.15) is 0 Å². The Kier molecular flexibility index (Phi) is 3.14. The average molecular weight is 228 g/mol. The van der Waals surface area contributed by atoms with Crippen LogP contribution in [0.15, 0.2) is 30.3 Å². The summed E-state index contributed by atoms with van der Waals surface area (Å²) < 4.78 is 0. The van der Waals surface area contributed by atoms with E-state index >= 15 is 0 Å². The van der Waals surface area contributed by atoms with Crippen LogP contribution in [0.4, 0.5) is 0 Å². The molecule has 88 valence electrons. The minimum atomic E-state index is -0.741. The van der Waals surface area contributed by atoms with Crippen LogP contribution in [0, 0.1) is 13.8 Å². The van der Waals surface area contributed by atoms with E-state index < -0.39 is 5.97 Å². The number of aryl methyl sites for hydroxylation is 3. The van der Waals surface area contributed by atoms with Crippen molar-refractivity contribution < 1.29 is 9.90 Å². The van der Waals surface area contributed by atoms with Gasteiger partial charge >= 0.3 is 5.97 Å². The van der Waals surface area contributed by atoms with E-state index in [9.17, 15) is 4.79 Å². The topological polar surface area (TPSA) is 37.3 Å². The summed E-state index contributed by atoms with van der Waals surface area (Å²) in [5, 5.41) is 11.2. The van der Waals surface area contributed by atoms with E-state index in [0.29, 0.717) is 6.42 Å². The van der Waals surface area contributed by atoms with Gasteiger partial charge in [-0.1, -0.05) is 30.3 Å². The predicted octanol–water partition coefficient (Wildman–Crippen LogP) is 3.47. The molecular formula is C15H16O2. The van der Waals surface area contributed by atoms with Crippen LogP contribution >= 0.6 is 0 Å². The maximum absolute atomic E-state index is 10.6. The van der Waals surface area contributed by atoms with Gasteiger partial charge in [0, 0.05) is 6.42 Å². The fourth-order valence-electron chi connectivity index (χ4n) is 2.28. The van der Waals surface area contributed by atoms with Crippen LogP contribution in [0.25, 0.3) is 10.8 Å². The third-order valence-electron chi connectivity index (χ3n) is 3.24. The Morgan fingerprint density at radius 3 is 2.47 bits per heavy atom. The van der Waals surface area contributed by atoms with Crippen molar-refractivity contribution in [1.82, 2.24) is 0 Å². The molecule has 2 aromatic rings. The lowest BCUT2D eigenvalue weighted by Crippen LogP contribution is -2.00. The molecule has 0 bridgehead atoms. The molecule has 0 aliphatic heterocycles. The maximum atomic E-state index is 10.6. The Balaban J connectivity index is 2.51. The molecule has 2 aromatic carbocycles. The standard InChI is InChI=1S/C15H16O2/c1-10-9-12(7-8-15(16)17)11(2)14-6-4-3-5-13(10)14/h3-6,9H,7-8H2,1-2H3,(H,16,17). The summed E-state index contributed by atoms with van der Waals surface area (Å²) in [5.41, 5.74) is 3.56. The summed E-state index contributed by atoms with van der Waals surface area (Å²) in [5.74, 6) is -0.741. The number of hydrogen-bond acceptors (Lipinski definition) is 1. The molecule has 0 amide bonds. The summed E-state index contributed by atoms with van der Waals surface area (Å²) in [6.45, 7) is 4.14. The number of aliphatic carboxylic acids is 1. The number of fused-ring (bicyclic) bond motifs is 1. The van der Waals surface area contributed by atoms with Crippen LogP contribution in [-0.4, -0.2) is 11.1 Å².